The Hall–Kier alpha value is -2.45. The number of benzene rings is 1. The molecule has 0 aliphatic carbocycles. The lowest BCUT2D eigenvalue weighted by atomic mass is 10.1. The van der Waals surface area contributed by atoms with Crippen LogP contribution in [0.25, 0.3) is 0 Å². The highest BCUT2D eigenvalue weighted by molar-refractivity contribution is 5.56. The van der Waals surface area contributed by atoms with Gasteiger partial charge >= 0.3 is 0 Å². The number of aliphatic hydroxyl groups is 1. The van der Waals surface area contributed by atoms with Crippen molar-refractivity contribution in [2.24, 2.45) is 0 Å². The minimum atomic E-state index is 0.0192. The summed E-state index contributed by atoms with van der Waals surface area (Å²) in [5.41, 5.74) is 18.5. The third-order valence-corrected chi connectivity index (χ3v) is 3.61. The van der Waals surface area contributed by atoms with Gasteiger partial charge in [0.1, 0.15) is 11.6 Å². The van der Waals surface area contributed by atoms with Crippen LogP contribution in [0.2, 0.25) is 0 Å². The molecule has 0 aliphatic rings. The maximum Gasteiger partial charge on any atom is 0.145 e. The molecule has 24 heavy (non-hydrogen) atoms. The summed E-state index contributed by atoms with van der Waals surface area (Å²) in [6.07, 6.45) is 1.46. The molecule has 8 nitrogen and oxygen atoms in total. The largest absolute Gasteiger partial charge is 0.508 e. The first kappa shape index (κ1) is 19.6. The number of aromatic hydroxyl groups is 1. The second kappa shape index (κ2) is 9.64. The third-order valence-electron chi connectivity index (χ3n) is 3.61. The van der Waals surface area contributed by atoms with Gasteiger partial charge in [-0.15, -0.1) is 0 Å². The molecular weight excluding hydrogens is 308 g/mol. The minimum absolute atomic E-state index is 0.0192. The molecule has 8 N–H and O–H groups in total. The molecule has 0 bridgehead atoms. The first-order chi connectivity index (χ1) is 11.4. The number of hydrogen-bond donors (Lipinski definition) is 5. The van der Waals surface area contributed by atoms with Gasteiger partial charge in [0, 0.05) is 17.8 Å². The summed E-state index contributed by atoms with van der Waals surface area (Å²) in [4.78, 5) is 2.23. The highest BCUT2D eigenvalue weighted by Crippen LogP contribution is 2.21. The first-order valence-electron chi connectivity index (χ1n) is 7.90. The Labute approximate surface area is 142 Å². The van der Waals surface area contributed by atoms with Crippen molar-refractivity contribution in [3.05, 3.63) is 30.0 Å². The Balaban J connectivity index is 0.000000254. The van der Waals surface area contributed by atoms with E-state index < -0.39 is 0 Å². The van der Waals surface area contributed by atoms with E-state index in [4.69, 9.17) is 22.3 Å². The van der Waals surface area contributed by atoms with Gasteiger partial charge in [-0.2, -0.15) is 5.10 Å². The molecule has 0 aliphatic heterocycles. The van der Waals surface area contributed by atoms with E-state index in [2.05, 4.69) is 23.8 Å². The van der Waals surface area contributed by atoms with E-state index in [-0.39, 0.29) is 6.61 Å². The lowest BCUT2D eigenvalue weighted by Gasteiger charge is -2.18. The number of nitrogen functional groups attached to an aromatic ring is 3. The minimum Gasteiger partial charge on any atom is -0.508 e. The van der Waals surface area contributed by atoms with Crippen molar-refractivity contribution in [1.29, 1.82) is 0 Å². The van der Waals surface area contributed by atoms with Gasteiger partial charge in [-0.25, -0.2) is 4.68 Å². The third kappa shape index (κ3) is 5.64. The number of anilines is 3. The van der Waals surface area contributed by atoms with Gasteiger partial charge < -0.3 is 27.4 Å². The summed E-state index contributed by atoms with van der Waals surface area (Å²) in [5, 5.41) is 21.9. The maximum absolute atomic E-state index is 9.59. The standard InChI is InChI=1S/C11H18N2O.C5H10N4O/c1-3-13(4-2)8-9-7-10(12)5-6-11(9)14;6-4-3-8-9(1-2-10)5(4)7/h5-7,14H,3-4,8,12H2,1-2H3;3,10H,1-2,6-7H2. The Bertz CT molecular complexity index is 625. The average molecular weight is 336 g/mol. The van der Waals surface area contributed by atoms with E-state index in [0.29, 0.717) is 29.5 Å². The molecule has 0 unspecified atom stereocenters. The molecule has 134 valence electrons. The maximum atomic E-state index is 9.59. The summed E-state index contributed by atoms with van der Waals surface area (Å²) in [5.74, 6) is 0.736. The average Bonchev–Trinajstić information content (AvgIpc) is 2.89. The van der Waals surface area contributed by atoms with Crippen LogP contribution in [0.4, 0.5) is 17.2 Å². The summed E-state index contributed by atoms with van der Waals surface area (Å²) >= 11 is 0. The van der Waals surface area contributed by atoms with E-state index in [1.165, 1.54) is 10.9 Å². The summed E-state index contributed by atoms with van der Waals surface area (Å²) in [7, 11) is 0. The molecule has 0 atom stereocenters. The zero-order valence-corrected chi connectivity index (χ0v) is 14.3. The van der Waals surface area contributed by atoms with Crippen molar-refractivity contribution in [3.8, 4) is 5.75 Å². The quantitative estimate of drug-likeness (QED) is 0.389. The fourth-order valence-electron chi connectivity index (χ4n) is 2.10. The van der Waals surface area contributed by atoms with Crippen LogP contribution in [0, 0.1) is 0 Å². The van der Waals surface area contributed by atoms with E-state index in [1.807, 2.05) is 6.07 Å². The van der Waals surface area contributed by atoms with Gasteiger partial charge in [-0.3, -0.25) is 4.90 Å². The van der Waals surface area contributed by atoms with Crippen LogP contribution in [0.1, 0.15) is 19.4 Å². The molecular formula is C16H28N6O2. The van der Waals surface area contributed by atoms with E-state index in [1.54, 1.807) is 12.1 Å². The number of phenols is 1. The SMILES string of the molecule is CCN(CC)Cc1cc(N)ccc1O.Nc1cnn(CCO)c1N. The molecule has 0 radical (unpaired) electrons. The normalized spacial score (nSPS) is 10.5. The molecule has 8 heteroatoms. The van der Waals surface area contributed by atoms with Gasteiger partial charge in [0.05, 0.1) is 25.0 Å². The van der Waals surface area contributed by atoms with Crippen molar-refractivity contribution in [1.82, 2.24) is 14.7 Å². The van der Waals surface area contributed by atoms with Crippen LogP contribution in [-0.4, -0.2) is 44.6 Å². The summed E-state index contributed by atoms with van der Waals surface area (Å²) in [6.45, 7) is 7.33. The molecule has 0 saturated heterocycles. The Morgan fingerprint density at radius 1 is 1.17 bits per heavy atom. The van der Waals surface area contributed by atoms with Crippen molar-refractivity contribution in [2.75, 3.05) is 36.9 Å². The second-order valence-corrected chi connectivity index (χ2v) is 5.28. The van der Waals surface area contributed by atoms with Crippen LogP contribution >= 0.6 is 0 Å². The van der Waals surface area contributed by atoms with Crippen molar-refractivity contribution in [3.63, 3.8) is 0 Å². The molecule has 2 aromatic rings. The molecule has 0 saturated carbocycles. The van der Waals surface area contributed by atoms with E-state index in [0.717, 1.165) is 25.2 Å². The van der Waals surface area contributed by atoms with Crippen LogP contribution in [-0.2, 0) is 13.1 Å². The number of aliphatic hydroxyl groups excluding tert-OH is 1. The van der Waals surface area contributed by atoms with Gasteiger partial charge in [-0.05, 0) is 31.3 Å². The number of aromatic nitrogens is 2. The molecule has 1 aromatic heterocycles. The van der Waals surface area contributed by atoms with Crippen molar-refractivity contribution in [2.45, 2.75) is 26.9 Å². The molecule has 1 heterocycles. The molecule has 0 spiro atoms. The lowest BCUT2D eigenvalue weighted by Crippen LogP contribution is -2.22. The zero-order valence-electron chi connectivity index (χ0n) is 14.3. The number of hydrogen-bond acceptors (Lipinski definition) is 7. The van der Waals surface area contributed by atoms with Gasteiger partial charge in [0.25, 0.3) is 0 Å². The smallest absolute Gasteiger partial charge is 0.145 e. The van der Waals surface area contributed by atoms with Crippen LogP contribution in [0.3, 0.4) is 0 Å². The zero-order chi connectivity index (χ0) is 18.1. The van der Waals surface area contributed by atoms with E-state index in [9.17, 15) is 5.11 Å². The number of nitrogens with zero attached hydrogens (tertiary/aromatic N) is 3. The number of nitrogens with two attached hydrogens (primary N) is 3. The molecule has 1 aromatic carbocycles. The van der Waals surface area contributed by atoms with Crippen LogP contribution in [0.15, 0.2) is 24.4 Å². The predicted octanol–water partition coefficient (Wildman–Crippen LogP) is 0.856. The molecule has 0 fully saturated rings. The highest BCUT2D eigenvalue weighted by atomic mass is 16.3. The number of phenolic OH excluding ortho intramolecular Hbond substituents is 1. The van der Waals surface area contributed by atoms with Crippen molar-refractivity contribution < 1.29 is 10.2 Å². The first-order valence-corrected chi connectivity index (χ1v) is 7.90. The van der Waals surface area contributed by atoms with Crippen LogP contribution < -0.4 is 17.2 Å². The lowest BCUT2D eigenvalue weighted by molar-refractivity contribution is 0.270. The molecule has 2 rings (SSSR count). The van der Waals surface area contributed by atoms with E-state index >= 15 is 0 Å². The fourth-order valence-corrected chi connectivity index (χ4v) is 2.10. The van der Waals surface area contributed by atoms with Crippen LogP contribution in [0.5, 0.6) is 5.75 Å². The topological polar surface area (TPSA) is 140 Å². The summed E-state index contributed by atoms with van der Waals surface area (Å²) < 4.78 is 1.45. The highest BCUT2D eigenvalue weighted by Gasteiger charge is 2.05. The van der Waals surface area contributed by atoms with Gasteiger partial charge in [0.2, 0.25) is 0 Å². The Kier molecular flexibility index (Phi) is 7.87. The van der Waals surface area contributed by atoms with Gasteiger partial charge in [-0.1, -0.05) is 13.8 Å². The Morgan fingerprint density at radius 2 is 1.83 bits per heavy atom. The monoisotopic (exact) mass is 336 g/mol. The van der Waals surface area contributed by atoms with Gasteiger partial charge in [0.15, 0.2) is 0 Å². The summed E-state index contributed by atoms with van der Waals surface area (Å²) in [6, 6.07) is 5.18. The fraction of sp³-hybridized carbons (Fsp3) is 0.438. The predicted molar refractivity (Wildman–Crippen MR) is 97.3 cm³/mol. The van der Waals surface area contributed by atoms with Crippen molar-refractivity contribution >= 4 is 17.2 Å². The Morgan fingerprint density at radius 3 is 2.33 bits per heavy atom. The second-order valence-electron chi connectivity index (χ2n) is 5.28. The number of rotatable bonds is 6. The molecule has 0 amide bonds.